The number of likely N-dealkylation sites (N-methyl/N-ethyl adjacent to an activating group) is 1. The molecule has 132 valence electrons. The van der Waals surface area contributed by atoms with E-state index in [9.17, 15) is 9.59 Å². The van der Waals surface area contributed by atoms with Crippen molar-refractivity contribution in [1.82, 2.24) is 4.90 Å². The SMILES string of the molecule is Cc1ccc(CCC(=O)N(C)C(C)C(=O)c2ccc(C)c(C)c2)cc1. The van der Waals surface area contributed by atoms with Crippen molar-refractivity contribution in [3.63, 3.8) is 0 Å². The Bertz CT molecular complexity index is 762. The first-order valence-electron chi connectivity index (χ1n) is 8.72. The number of hydrogen-bond donors (Lipinski definition) is 0. The van der Waals surface area contributed by atoms with Crippen LogP contribution in [0.1, 0.15) is 46.0 Å². The molecule has 1 unspecified atom stereocenters. The third kappa shape index (κ3) is 4.79. The Balaban J connectivity index is 1.98. The molecular formula is C22H27NO2. The van der Waals surface area contributed by atoms with Gasteiger partial charge in [-0.1, -0.05) is 42.0 Å². The minimum absolute atomic E-state index is 0.00902. The van der Waals surface area contributed by atoms with Gasteiger partial charge in [0.2, 0.25) is 5.91 Å². The number of rotatable bonds is 6. The number of carbonyl (C=O) groups excluding carboxylic acids is 2. The standard InChI is InChI=1S/C22H27NO2/c1-15-6-9-19(10-7-15)11-13-21(24)23(5)18(4)22(25)20-12-8-16(2)17(3)14-20/h6-10,12,14,18H,11,13H2,1-5H3. The van der Waals surface area contributed by atoms with Gasteiger partial charge < -0.3 is 4.90 Å². The first kappa shape index (κ1) is 18.9. The molecule has 3 nitrogen and oxygen atoms in total. The number of benzene rings is 2. The first-order chi connectivity index (χ1) is 11.8. The molecule has 3 heteroatoms. The van der Waals surface area contributed by atoms with Gasteiger partial charge in [-0.3, -0.25) is 9.59 Å². The Morgan fingerprint density at radius 3 is 2.20 bits per heavy atom. The van der Waals surface area contributed by atoms with E-state index in [1.807, 2.05) is 51.1 Å². The smallest absolute Gasteiger partial charge is 0.223 e. The largest absolute Gasteiger partial charge is 0.336 e. The Morgan fingerprint density at radius 2 is 1.60 bits per heavy atom. The maximum Gasteiger partial charge on any atom is 0.223 e. The summed E-state index contributed by atoms with van der Waals surface area (Å²) in [5.74, 6) is -0.0282. The van der Waals surface area contributed by atoms with Crippen LogP contribution in [0.4, 0.5) is 0 Å². The van der Waals surface area contributed by atoms with E-state index in [0.717, 1.165) is 16.7 Å². The zero-order valence-corrected chi connectivity index (χ0v) is 15.8. The van der Waals surface area contributed by atoms with Crippen molar-refractivity contribution < 1.29 is 9.59 Å². The third-order valence-electron chi connectivity index (χ3n) is 4.89. The van der Waals surface area contributed by atoms with Crippen LogP contribution in [0.2, 0.25) is 0 Å². The molecule has 0 fully saturated rings. The van der Waals surface area contributed by atoms with Crippen LogP contribution in [0.5, 0.6) is 0 Å². The molecule has 25 heavy (non-hydrogen) atoms. The van der Waals surface area contributed by atoms with Crippen molar-refractivity contribution in [3.8, 4) is 0 Å². The van der Waals surface area contributed by atoms with Crippen LogP contribution in [0.15, 0.2) is 42.5 Å². The fraction of sp³-hybridized carbons (Fsp3) is 0.364. The van der Waals surface area contributed by atoms with Gasteiger partial charge in [-0.2, -0.15) is 0 Å². The van der Waals surface area contributed by atoms with Crippen LogP contribution >= 0.6 is 0 Å². The molecule has 0 radical (unpaired) electrons. The fourth-order valence-corrected chi connectivity index (χ4v) is 2.71. The maximum atomic E-state index is 12.7. The molecule has 1 amide bonds. The monoisotopic (exact) mass is 337 g/mol. The predicted octanol–water partition coefficient (Wildman–Crippen LogP) is 4.27. The van der Waals surface area contributed by atoms with Gasteiger partial charge in [-0.05, 0) is 56.9 Å². The molecule has 0 aliphatic rings. The van der Waals surface area contributed by atoms with Crippen molar-refractivity contribution in [2.75, 3.05) is 7.05 Å². The number of carbonyl (C=O) groups is 2. The van der Waals surface area contributed by atoms with E-state index in [-0.39, 0.29) is 11.7 Å². The summed E-state index contributed by atoms with van der Waals surface area (Å²) in [5, 5.41) is 0. The Labute approximate surface area is 150 Å². The van der Waals surface area contributed by atoms with E-state index in [4.69, 9.17) is 0 Å². The van der Waals surface area contributed by atoms with Crippen molar-refractivity contribution in [2.45, 2.75) is 46.6 Å². The summed E-state index contributed by atoms with van der Waals surface area (Å²) in [6.45, 7) is 7.85. The Morgan fingerprint density at radius 1 is 0.960 bits per heavy atom. The highest BCUT2D eigenvalue weighted by Gasteiger charge is 2.23. The van der Waals surface area contributed by atoms with Crippen LogP contribution in [0.3, 0.4) is 0 Å². The number of hydrogen-bond acceptors (Lipinski definition) is 2. The molecule has 0 aliphatic heterocycles. The lowest BCUT2D eigenvalue weighted by Crippen LogP contribution is -2.40. The van der Waals surface area contributed by atoms with E-state index in [0.29, 0.717) is 18.4 Å². The van der Waals surface area contributed by atoms with E-state index in [1.165, 1.54) is 5.56 Å². The van der Waals surface area contributed by atoms with E-state index in [1.54, 1.807) is 18.9 Å². The second-order valence-electron chi connectivity index (χ2n) is 6.83. The number of ketones is 1. The summed E-state index contributed by atoms with van der Waals surface area (Å²) in [4.78, 5) is 26.7. The van der Waals surface area contributed by atoms with E-state index in [2.05, 4.69) is 12.1 Å². The number of nitrogens with zero attached hydrogens (tertiary/aromatic N) is 1. The predicted molar refractivity (Wildman–Crippen MR) is 102 cm³/mol. The fourth-order valence-electron chi connectivity index (χ4n) is 2.71. The van der Waals surface area contributed by atoms with Crippen LogP contribution in [0, 0.1) is 20.8 Å². The highest BCUT2D eigenvalue weighted by molar-refractivity contribution is 6.01. The summed E-state index contributed by atoms with van der Waals surface area (Å²) >= 11 is 0. The molecule has 0 saturated heterocycles. The van der Waals surface area contributed by atoms with Crippen LogP contribution in [-0.2, 0) is 11.2 Å². The van der Waals surface area contributed by atoms with Crippen molar-refractivity contribution in [1.29, 1.82) is 0 Å². The second kappa shape index (κ2) is 8.11. The Kier molecular flexibility index (Phi) is 6.13. The molecule has 0 spiro atoms. The van der Waals surface area contributed by atoms with Gasteiger partial charge in [0.15, 0.2) is 5.78 Å². The lowest BCUT2D eigenvalue weighted by Gasteiger charge is -2.24. The zero-order chi connectivity index (χ0) is 18.6. The van der Waals surface area contributed by atoms with Crippen molar-refractivity contribution in [3.05, 3.63) is 70.3 Å². The number of aryl methyl sites for hydroxylation is 4. The van der Waals surface area contributed by atoms with Gasteiger partial charge in [-0.15, -0.1) is 0 Å². The van der Waals surface area contributed by atoms with Gasteiger partial charge in [0.1, 0.15) is 0 Å². The summed E-state index contributed by atoms with van der Waals surface area (Å²) in [6.07, 6.45) is 1.10. The third-order valence-corrected chi connectivity index (χ3v) is 4.89. The van der Waals surface area contributed by atoms with Crippen molar-refractivity contribution in [2.24, 2.45) is 0 Å². The molecule has 0 saturated carbocycles. The van der Waals surface area contributed by atoms with Gasteiger partial charge >= 0.3 is 0 Å². The van der Waals surface area contributed by atoms with E-state index >= 15 is 0 Å². The molecule has 2 aromatic rings. The Hall–Kier alpha value is -2.42. The van der Waals surface area contributed by atoms with Gasteiger partial charge in [-0.25, -0.2) is 0 Å². The molecule has 0 aromatic heterocycles. The molecule has 0 N–H and O–H groups in total. The summed E-state index contributed by atoms with van der Waals surface area (Å²) in [6, 6.07) is 13.4. The van der Waals surface area contributed by atoms with Crippen LogP contribution in [-0.4, -0.2) is 29.7 Å². The second-order valence-corrected chi connectivity index (χ2v) is 6.83. The average Bonchev–Trinajstić information content (AvgIpc) is 2.61. The molecule has 0 bridgehead atoms. The number of amides is 1. The minimum atomic E-state index is -0.465. The lowest BCUT2D eigenvalue weighted by molar-refractivity contribution is -0.130. The summed E-state index contributed by atoms with van der Waals surface area (Å²) < 4.78 is 0. The first-order valence-corrected chi connectivity index (χ1v) is 8.72. The van der Waals surface area contributed by atoms with Crippen LogP contribution < -0.4 is 0 Å². The zero-order valence-electron chi connectivity index (χ0n) is 15.8. The molecule has 2 rings (SSSR count). The van der Waals surface area contributed by atoms with Gasteiger partial charge in [0.05, 0.1) is 6.04 Å². The molecular weight excluding hydrogens is 310 g/mol. The highest BCUT2D eigenvalue weighted by atomic mass is 16.2. The van der Waals surface area contributed by atoms with Crippen LogP contribution in [0.25, 0.3) is 0 Å². The molecule has 2 aromatic carbocycles. The molecule has 1 atom stereocenters. The average molecular weight is 337 g/mol. The molecule has 0 aliphatic carbocycles. The lowest BCUT2D eigenvalue weighted by atomic mass is 9.99. The topological polar surface area (TPSA) is 37.4 Å². The van der Waals surface area contributed by atoms with E-state index < -0.39 is 6.04 Å². The highest BCUT2D eigenvalue weighted by Crippen LogP contribution is 2.15. The maximum absolute atomic E-state index is 12.7. The quantitative estimate of drug-likeness (QED) is 0.738. The number of Topliss-reactive ketones (excluding diaryl/α,β-unsaturated/α-hetero) is 1. The normalized spacial score (nSPS) is 11.9. The van der Waals surface area contributed by atoms with Gasteiger partial charge in [0, 0.05) is 19.0 Å². The summed E-state index contributed by atoms with van der Waals surface area (Å²) in [5.41, 5.74) is 5.26. The minimum Gasteiger partial charge on any atom is -0.336 e. The van der Waals surface area contributed by atoms with Crippen molar-refractivity contribution >= 4 is 11.7 Å². The summed E-state index contributed by atoms with van der Waals surface area (Å²) in [7, 11) is 1.71. The van der Waals surface area contributed by atoms with Gasteiger partial charge in [0.25, 0.3) is 0 Å². The molecule has 0 heterocycles.